The maximum atomic E-state index is 13.8. The van der Waals surface area contributed by atoms with E-state index in [1.807, 2.05) is 0 Å². The number of alkyl halides is 1. The van der Waals surface area contributed by atoms with Crippen LogP contribution in [0.5, 0.6) is 0 Å². The van der Waals surface area contributed by atoms with Gasteiger partial charge >= 0.3 is 5.97 Å². The zero-order valence-corrected chi connectivity index (χ0v) is 27.9. The fourth-order valence-corrected chi connectivity index (χ4v) is 6.31. The molecule has 2 heterocycles. The summed E-state index contributed by atoms with van der Waals surface area (Å²) in [4.78, 5) is 59.1. The minimum absolute atomic E-state index is 0.0827. The molecule has 1 atom stereocenters. The number of carbonyl (C=O) groups is 4. The molecule has 5 aromatic rings. The average molecular weight is 737 g/mol. The Morgan fingerprint density at radius 1 is 0.913 bits per heavy atom. The van der Waals surface area contributed by atoms with E-state index in [0.717, 1.165) is 4.90 Å². The van der Waals surface area contributed by atoms with Crippen molar-refractivity contribution in [1.82, 2.24) is 4.98 Å². The highest BCUT2D eigenvalue weighted by atomic mass is 79.9. The van der Waals surface area contributed by atoms with Crippen LogP contribution in [0.2, 0.25) is 10.0 Å². The smallest absolute Gasteiger partial charge is 0.339 e. The van der Waals surface area contributed by atoms with Crippen molar-refractivity contribution in [2.45, 2.75) is 19.4 Å². The molecule has 0 spiro atoms. The second kappa shape index (κ2) is 13.0. The van der Waals surface area contributed by atoms with Crippen LogP contribution in [0, 0.1) is 6.92 Å². The quantitative estimate of drug-likeness (QED) is 0.0683. The van der Waals surface area contributed by atoms with E-state index in [9.17, 15) is 19.2 Å². The van der Waals surface area contributed by atoms with Gasteiger partial charge in [0.05, 0.1) is 38.6 Å². The van der Waals surface area contributed by atoms with E-state index in [4.69, 9.17) is 44.5 Å². The summed E-state index contributed by atoms with van der Waals surface area (Å²) >= 11 is 22.0. The Kier molecular flexibility index (Phi) is 8.99. The van der Waals surface area contributed by atoms with E-state index in [-0.39, 0.29) is 17.9 Å². The Labute approximate surface area is 287 Å². The first-order valence-corrected chi connectivity index (χ1v) is 16.1. The van der Waals surface area contributed by atoms with E-state index < -0.39 is 29.7 Å². The lowest BCUT2D eigenvalue weighted by atomic mass is 10.0. The SMILES string of the molecule is Cc1c(Cl)c(Br)cc2c(C(=O)OC(CCCl)C(=O)c3ccc(Cl)cc3)cc(-c3ccc(N4C(=O)c5ccccc5C4=O)cc3)nc12. The maximum Gasteiger partial charge on any atom is 0.339 e. The Balaban J connectivity index is 1.38. The normalized spacial score (nSPS) is 13.2. The minimum Gasteiger partial charge on any atom is -0.450 e. The number of carbonyl (C=O) groups excluding carboxylic acids is 4. The summed E-state index contributed by atoms with van der Waals surface area (Å²) in [6.45, 7) is 1.78. The predicted octanol–water partition coefficient (Wildman–Crippen LogP) is 9.12. The van der Waals surface area contributed by atoms with Gasteiger partial charge < -0.3 is 4.74 Å². The van der Waals surface area contributed by atoms with Crippen LogP contribution in [-0.4, -0.2) is 40.5 Å². The lowest BCUT2D eigenvalue weighted by molar-refractivity contribution is 0.0280. The third-order valence-electron chi connectivity index (χ3n) is 7.70. The highest BCUT2D eigenvalue weighted by Crippen LogP contribution is 2.37. The molecule has 0 fully saturated rings. The standard InChI is InChI=1S/C35H22BrCl3N2O5/c1-18-30(39)27(36)16-25-26(35(45)46-29(14-15-37)32(42)20-6-10-21(38)11-7-20)17-28(40-31(18)25)19-8-12-22(13-9-19)41-33(43)23-4-2-3-5-24(23)34(41)44/h2-13,16-17,29H,14-15H2,1H3. The van der Waals surface area contributed by atoms with Gasteiger partial charge in [0.25, 0.3) is 11.8 Å². The molecule has 7 nitrogen and oxygen atoms in total. The van der Waals surface area contributed by atoms with Crippen molar-refractivity contribution in [3.63, 3.8) is 0 Å². The number of ether oxygens (including phenoxy) is 1. The number of hydrogen-bond acceptors (Lipinski definition) is 6. The first kappa shape index (κ1) is 31.9. The van der Waals surface area contributed by atoms with Gasteiger partial charge in [-0.25, -0.2) is 14.7 Å². The number of aryl methyl sites for hydroxylation is 1. The third kappa shape index (κ3) is 5.82. The van der Waals surface area contributed by atoms with Crippen LogP contribution in [0.15, 0.2) is 89.4 Å². The minimum atomic E-state index is -1.14. The monoisotopic (exact) mass is 734 g/mol. The number of imide groups is 1. The van der Waals surface area contributed by atoms with E-state index >= 15 is 0 Å². The summed E-state index contributed by atoms with van der Waals surface area (Å²) in [7, 11) is 0. The first-order chi connectivity index (χ1) is 22.1. The molecule has 1 unspecified atom stereocenters. The molecule has 2 amide bonds. The predicted molar refractivity (Wildman–Crippen MR) is 183 cm³/mol. The van der Waals surface area contributed by atoms with Crippen LogP contribution in [0.25, 0.3) is 22.2 Å². The van der Waals surface area contributed by atoms with Gasteiger partial charge in [-0.1, -0.05) is 47.5 Å². The molecule has 1 aliphatic heterocycles. The molecule has 6 rings (SSSR count). The number of ketones is 1. The molecule has 46 heavy (non-hydrogen) atoms. The second-order valence-corrected chi connectivity index (χ2v) is 12.6. The van der Waals surface area contributed by atoms with Crippen molar-refractivity contribution in [3.8, 4) is 11.3 Å². The van der Waals surface area contributed by atoms with Crippen molar-refractivity contribution in [2.24, 2.45) is 0 Å². The van der Waals surface area contributed by atoms with E-state index in [1.54, 1.807) is 91.9 Å². The van der Waals surface area contributed by atoms with E-state index in [0.29, 0.717) is 64.6 Å². The van der Waals surface area contributed by atoms with Crippen LogP contribution < -0.4 is 4.90 Å². The van der Waals surface area contributed by atoms with Crippen LogP contribution in [-0.2, 0) is 4.74 Å². The molecular weight excluding hydrogens is 715 g/mol. The zero-order chi connectivity index (χ0) is 32.7. The fraction of sp³-hybridized carbons (Fsp3) is 0.114. The van der Waals surface area contributed by atoms with Gasteiger partial charge in [-0.3, -0.25) is 14.4 Å². The molecule has 0 radical (unpaired) electrons. The van der Waals surface area contributed by atoms with Gasteiger partial charge in [-0.05, 0) is 89.1 Å². The van der Waals surface area contributed by atoms with Gasteiger partial charge in [-0.15, -0.1) is 11.6 Å². The van der Waals surface area contributed by atoms with E-state index in [1.165, 1.54) is 0 Å². The molecule has 0 bridgehead atoms. The summed E-state index contributed by atoms with van der Waals surface area (Å²) in [6.07, 6.45) is -1.05. The summed E-state index contributed by atoms with van der Waals surface area (Å²) in [6, 6.07) is 22.9. The number of benzene rings is 4. The molecule has 1 aromatic heterocycles. The topological polar surface area (TPSA) is 93.6 Å². The number of rotatable bonds is 8. The Hall–Kier alpha value is -4.08. The Morgan fingerprint density at radius 3 is 2.15 bits per heavy atom. The number of esters is 1. The van der Waals surface area contributed by atoms with Gasteiger partial charge in [0.1, 0.15) is 0 Å². The number of aromatic nitrogens is 1. The number of hydrogen-bond donors (Lipinski definition) is 0. The number of halogens is 4. The molecule has 1 aliphatic rings. The third-order valence-corrected chi connectivity index (χ3v) is 9.51. The molecular formula is C35H22BrCl3N2O5. The van der Waals surface area contributed by atoms with Crippen LogP contribution in [0.4, 0.5) is 5.69 Å². The molecule has 11 heteroatoms. The lowest BCUT2D eigenvalue weighted by Gasteiger charge is -2.18. The number of fused-ring (bicyclic) bond motifs is 2. The summed E-state index contributed by atoms with van der Waals surface area (Å²) < 4.78 is 6.37. The Morgan fingerprint density at radius 2 is 1.54 bits per heavy atom. The number of nitrogens with zero attached hydrogens (tertiary/aromatic N) is 2. The molecule has 0 saturated carbocycles. The zero-order valence-electron chi connectivity index (χ0n) is 24.0. The highest BCUT2D eigenvalue weighted by Gasteiger charge is 2.36. The molecule has 0 N–H and O–H groups in total. The largest absolute Gasteiger partial charge is 0.450 e. The van der Waals surface area contributed by atoms with Crippen molar-refractivity contribution in [3.05, 3.63) is 127 Å². The van der Waals surface area contributed by atoms with Crippen LogP contribution in [0.1, 0.15) is 53.4 Å². The molecule has 0 saturated heterocycles. The van der Waals surface area contributed by atoms with Gasteiger partial charge in [0.15, 0.2) is 6.10 Å². The highest BCUT2D eigenvalue weighted by molar-refractivity contribution is 9.10. The molecule has 0 aliphatic carbocycles. The lowest BCUT2D eigenvalue weighted by Crippen LogP contribution is -2.29. The number of pyridine rings is 1. The van der Waals surface area contributed by atoms with E-state index in [2.05, 4.69) is 15.9 Å². The van der Waals surface area contributed by atoms with Crippen LogP contribution >= 0.6 is 50.7 Å². The summed E-state index contributed by atoms with van der Waals surface area (Å²) in [5, 5.41) is 1.36. The molecule has 230 valence electrons. The van der Waals surface area contributed by atoms with Crippen molar-refractivity contribution >= 4 is 90.9 Å². The number of anilines is 1. The number of amides is 2. The summed E-state index contributed by atoms with van der Waals surface area (Å²) in [5.74, 6) is -1.88. The number of Topliss-reactive ketones (excluding diaryl/α,β-unsaturated/α-hetero) is 1. The fourth-order valence-electron chi connectivity index (χ4n) is 5.32. The summed E-state index contributed by atoms with van der Waals surface area (Å²) in [5.41, 5.74) is 3.66. The van der Waals surface area contributed by atoms with Crippen molar-refractivity contribution in [2.75, 3.05) is 10.8 Å². The van der Waals surface area contributed by atoms with Gasteiger partial charge in [-0.2, -0.15) is 0 Å². The van der Waals surface area contributed by atoms with Gasteiger partial charge in [0.2, 0.25) is 5.78 Å². The second-order valence-electron chi connectivity index (χ2n) is 10.5. The van der Waals surface area contributed by atoms with Crippen molar-refractivity contribution < 1.29 is 23.9 Å². The van der Waals surface area contributed by atoms with Gasteiger partial charge in [0, 0.05) is 38.3 Å². The van der Waals surface area contributed by atoms with Crippen molar-refractivity contribution in [1.29, 1.82) is 0 Å². The molecule has 4 aromatic carbocycles. The maximum absolute atomic E-state index is 13.8. The average Bonchev–Trinajstić information content (AvgIpc) is 3.32. The first-order valence-electron chi connectivity index (χ1n) is 14.0. The Bertz CT molecular complexity index is 2030. The van der Waals surface area contributed by atoms with Crippen LogP contribution in [0.3, 0.4) is 0 Å².